The summed E-state index contributed by atoms with van der Waals surface area (Å²) >= 11 is 1.84. The molecule has 2 rings (SSSR count). The number of likely N-dealkylation sites (N-methyl/N-ethyl adjacent to an activating group) is 1. The number of thiophene rings is 1. The summed E-state index contributed by atoms with van der Waals surface area (Å²) < 4.78 is 0. The minimum absolute atomic E-state index is 0.531. The zero-order valence-corrected chi connectivity index (χ0v) is 13.4. The number of nitrogens with zero attached hydrogens (tertiary/aromatic N) is 1. The molecule has 0 unspecified atom stereocenters. The number of anilines is 1. The predicted octanol–water partition coefficient (Wildman–Crippen LogP) is 3.93. The molecule has 1 aromatic heterocycles. The van der Waals surface area contributed by atoms with Gasteiger partial charge in [-0.1, -0.05) is 32.0 Å². The van der Waals surface area contributed by atoms with Crippen LogP contribution in [0.5, 0.6) is 0 Å². The van der Waals surface area contributed by atoms with Gasteiger partial charge in [0.1, 0.15) is 0 Å². The highest BCUT2D eigenvalue weighted by Crippen LogP contribution is 2.16. The van der Waals surface area contributed by atoms with Crippen molar-refractivity contribution in [2.75, 3.05) is 18.5 Å². The molecule has 108 valence electrons. The topological polar surface area (TPSA) is 15.3 Å². The maximum absolute atomic E-state index is 3.44. The number of nitrogens with one attached hydrogen (secondary N) is 1. The minimum atomic E-state index is 0.531. The Balaban J connectivity index is 1.85. The van der Waals surface area contributed by atoms with Crippen LogP contribution in [0.25, 0.3) is 0 Å². The van der Waals surface area contributed by atoms with Crippen LogP contribution in [-0.4, -0.2) is 19.6 Å². The molecule has 0 saturated carbocycles. The standard InChI is InChI=1S/C17H24N2S/c1-14(2)18-13-15-6-8-16(9-7-15)19(3)11-10-17-5-4-12-20-17/h4-9,12,14,18H,10-11,13H2,1-3H3. The number of benzene rings is 1. The van der Waals surface area contributed by atoms with Crippen LogP contribution >= 0.6 is 11.3 Å². The van der Waals surface area contributed by atoms with Crippen molar-refractivity contribution < 1.29 is 0 Å². The van der Waals surface area contributed by atoms with E-state index in [-0.39, 0.29) is 0 Å². The molecule has 0 radical (unpaired) electrons. The van der Waals surface area contributed by atoms with Crippen molar-refractivity contribution in [1.82, 2.24) is 5.32 Å². The van der Waals surface area contributed by atoms with Crippen LogP contribution in [0.1, 0.15) is 24.3 Å². The van der Waals surface area contributed by atoms with E-state index >= 15 is 0 Å². The van der Waals surface area contributed by atoms with Crippen LogP contribution in [0.3, 0.4) is 0 Å². The van der Waals surface area contributed by atoms with Gasteiger partial charge in [0.15, 0.2) is 0 Å². The van der Waals surface area contributed by atoms with Gasteiger partial charge in [-0.2, -0.15) is 0 Å². The van der Waals surface area contributed by atoms with Gasteiger partial charge in [-0.3, -0.25) is 0 Å². The largest absolute Gasteiger partial charge is 0.374 e. The van der Waals surface area contributed by atoms with E-state index < -0.39 is 0 Å². The maximum atomic E-state index is 3.44. The van der Waals surface area contributed by atoms with Gasteiger partial charge in [0.2, 0.25) is 0 Å². The summed E-state index contributed by atoms with van der Waals surface area (Å²) in [7, 11) is 2.16. The van der Waals surface area contributed by atoms with Gasteiger partial charge in [0.25, 0.3) is 0 Å². The lowest BCUT2D eigenvalue weighted by molar-refractivity contribution is 0.589. The maximum Gasteiger partial charge on any atom is 0.0363 e. The predicted molar refractivity (Wildman–Crippen MR) is 89.7 cm³/mol. The lowest BCUT2D eigenvalue weighted by atomic mass is 10.2. The highest BCUT2D eigenvalue weighted by molar-refractivity contribution is 7.09. The average Bonchev–Trinajstić information content (AvgIpc) is 2.96. The van der Waals surface area contributed by atoms with E-state index in [1.807, 2.05) is 11.3 Å². The fourth-order valence-corrected chi connectivity index (χ4v) is 2.75. The molecule has 0 bridgehead atoms. The van der Waals surface area contributed by atoms with E-state index in [2.05, 4.69) is 72.9 Å². The molecule has 2 nitrogen and oxygen atoms in total. The quantitative estimate of drug-likeness (QED) is 0.830. The van der Waals surface area contributed by atoms with Crippen LogP contribution in [-0.2, 0) is 13.0 Å². The molecule has 1 heterocycles. The molecule has 0 saturated heterocycles. The highest BCUT2D eigenvalue weighted by atomic mass is 32.1. The molecule has 0 amide bonds. The van der Waals surface area contributed by atoms with Gasteiger partial charge in [-0.05, 0) is 35.6 Å². The Hall–Kier alpha value is -1.32. The summed E-state index contributed by atoms with van der Waals surface area (Å²) in [5, 5.41) is 5.59. The van der Waals surface area contributed by atoms with Gasteiger partial charge < -0.3 is 10.2 Å². The monoisotopic (exact) mass is 288 g/mol. The normalized spacial score (nSPS) is 11.0. The molecular formula is C17H24N2S. The molecule has 0 aliphatic carbocycles. The summed E-state index contributed by atoms with van der Waals surface area (Å²) in [6.45, 7) is 6.35. The van der Waals surface area contributed by atoms with Crippen molar-refractivity contribution in [1.29, 1.82) is 0 Å². The van der Waals surface area contributed by atoms with Gasteiger partial charge in [0, 0.05) is 36.7 Å². The molecule has 1 N–H and O–H groups in total. The van der Waals surface area contributed by atoms with Crippen LogP contribution < -0.4 is 10.2 Å². The third kappa shape index (κ3) is 4.66. The summed E-state index contributed by atoms with van der Waals surface area (Å²) in [4.78, 5) is 3.77. The van der Waals surface area contributed by atoms with Crippen molar-refractivity contribution in [3.8, 4) is 0 Å². The van der Waals surface area contributed by atoms with E-state index in [0.717, 1.165) is 19.5 Å². The van der Waals surface area contributed by atoms with Crippen molar-refractivity contribution >= 4 is 17.0 Å². The molecular weight excluding hydrogens is 264 g/mol. The first-order chi connectivity index (χ1) is 9.65. The van der Waals surface area contributed by atoms with Gasteiger partial charge >= 0.3 is 0 Å². The summed E-state index contributed by atoms with van der Waals surface area (Å²) in [5.41, 5.74) is 2.63. The lowest BCUT2D eigenvalue weighted by Crippen LogP contribution is -2.22. The minimum Gasteiger partial charge on any atom is -0.374 e. The smallest absolute Gasteiger partial charge is 0.0363 e. The zero-order valence-electron chi connectivity index (χ0n) is 12.6. The second-order valence-electron chi connectivity index (χ2n) is 5.45. The fourth-order valence-electron chi connectivity index (χ4n) is 2.05. The summed E-state index contributed by atoms with van der Waals surface area (Å²) in [6, 6.07) is 13.7. The average molecular weight is 288 g/mol. The first-order valence-electron chi connectivity index (χ1n) is 7.21. The molecule has 0 aliphatic heterocycles. The first-order valence-corrected chi connectivity index (χ1v) is 8.09. The zero-order chi connectivity index (χ0) is 14.4. The number of rotatable bonds is 7. The van der Waals surface area contributed by atoms with Gasteiger partial charge in [-0.15, -0.1) is 11.3 Å². The number of hydrogen-bond donors (Lipinski definition) is 1. The number of hydrogen-bond acceptors (Lipinski definition) is 3. The molecule has 2 aromatic rings. The van der Waals surface area contributed by atoms with E-state index in [4.69, 9.17) is 0 Å². The Kier molecular flexibility index (Phi) is 5.62. The van der Waals surface area contributed by atoms with Crippen LogP contribution in [0.4, 0.5) is 5.69 Å². The highest BCUT2D eigenvalue weighted by Gasteiger charge is 2.02. The Morgan fingerprint density at radius 3 is 2.50 bits per heavy atom. The molecule has 0 aliphatic rings. The van der Waals surface area contributed by atoms with Crippen molar-refractivity contribution in [3.63, 3.8) is 0 Å². The van der Waals surface area contributed by atoms with Crippen molar-refractivity contribution in [2.24, 2.45) is 0 Å². The van der Waals surface area contributed by atoms with Gasteiger partial charge in [0.05, 0.1) is 0 Å². The third-order valence-corrected chi connectivity index (χ3v) is 4.30. The van der Waals surface area contributed by atoms with E-state index in [1.165, 1.54) is 16.1 Å². The van der Waals surface area contributed by atoms with Crippen molar-refractivity contribution in [3.05, 3.63) is 52.2 Å². The molecule has 0 atom stereocenters. The molecule has 20 heavy (non-hydrogen) atoms. The summed E-state index contributed by atoms with van der Waals surface area (Å²) in [5.74, 6) is 0. The van der Waals surface area contributed by atoms with Crippen LogP contribution in [0.15, 0.2) is 41.8 Å². The Morgan fingerprint density at radius 2 is 1.90 bits per heavy atom. The van der Waals surface area contributed by atoms with E-state index in [9.17, 15) is 0 Å². The molecule has 0 fully saturated rings. The molecule has 3 heteroatoms. The first kappa shape index (κ1) is 15.1. The fraction of sp³-hybridized carbons (Fsp3) is 0.412. The van der Waals surface area contributed by atoms with Crippen LogP contribution in [0, 0.1) is 0 Å². The molecule has 1 aromatic carbocycles. The van der Waals surface area contributed by atoms with Gasteiger partial charge in [-0.25, -0.2) is 0 Å². The Morgan fingerprint density at radius 1 is 1.15 bits per heavy atom. The third-order valence-electron chi connectivity index (χ3n) is 3.37. The Labute approximate surface area is 126 Å². The second-order valence-corrected chi connectivity index (χ2v) is 6.49. The summed E-state index contributed by atoms with van der Waals surface area (Å²) in [6.07, 6.45) is 1.12. The van der Waals surface area contributed by atoms with E-state index in [1.54, 1.807) is 0 Å². The molecule has 0 spiro atoms. The van der Waals surface area contributed by atoms with E-state index in [0.29, 0.717) is 6.04 Å². The Bertz CT molecular complexity index is 488. The SMILES string of the molecule is CC(C)NCc1ccc(N(C)CCc2cccs2)cc1. The lowest BCUT2D eigenvalue weighted by Gasteiger charge is -2.19. The van der Waals surface area contributed by atoms with Crippen LogP contribution in [0.2, 0.25) is 0 Å². The second kappa shape index (κ2) is 7.46. The van der Waals surface area contributed by atoms with Crippen molar-refractivity contribution in [2.45, 2.75) is 32.9 Å².